The third-order valence-corrected chi connectivity index (χ3v) is 6.13. The number of carbonyl (C=O) groups excluding carboxylic acids is 3. The van der Waals surface area contributed by atoms with Crippen molar-refractivity contribution in [1.82, 2.24) is 0 Å². The van der Waals surface area contributed by atoms with Gasteiger partial charge in [0.05, 0.1) is 25.9 Å². The summed E-state index contributed by atoms with van der Waals surface area (Å²) in [5.41, 5.74) is 3.15. The van der Waals surface area contributed by atoms with E-state index >= 15 is 0 Å². The first kappa shape index (κ1) is 29.4. The number of hydrogen-bond donors (Lipinski definition) is 1. The Hall–Kier alpha value is -4.17. The van der Waals surface area contributed by atoms with Crippen molar-refractivity contribution in [2.75, 3.05) is 37.6 Å². The van der Waals surface area contributed by atoms with Crippen molar-refractivity contribution in [3.8, 4) is 5.75 Å². The molecule has 0 unspecified atom stereocenters. The summed E-state index contributed by atoms with van der Waals surface area (Å²) in [6.45, 7) is 3.15. The second-order valence-electron chi connectivity index (χ2n) is 8.89. The second kappa shape index (κ2) is 15.3. The molecule has 3 rings (SSSR count). The fourth-order valence-corrected chi connectivity index (χ4v) is 4.06. The van der Waals surface area contributed by atoms with E-state index in [1.165, 1.54) is 7.11 Å². The first-order valence-corrected chi connectivity index (χ1v) is 13.1. The highest BCUT2D eigenvalue weighted by Gasteiger charge is 2.17. The lowest BCUT2D eigenvalue weighted by Gasteiger charge is -2.21. The number of nitrogens with one attached hydrogen (secondary N) is 1. The zero-order valence-corrected chi connectivity index (χ0v) is 22.8. The molecular weight excluding hydrogens is 496 g/mol. The van der Waals surface area contributed by atoms with Gasteiger partial charge in [-0.15, -0.1) is 0 Å². The number of para-hydroxylation sites is 2. The monoisotopic (exact) mass is 532 g/mol. The van der Waals surface area contributed by atoms with Crippen LogP contribution in [-0.2, 0) is 20.9 Å². The Balaban J connectivity index is 1.54. The Morgan fingerprint density at radius 2 is 1.59 bits per heavy atom. The molecule has 0 spiro atoms. The number of methoxy groups -OCH3 is 1. The fourth-order valence-electron chi connectivity index (χ4n) is 4.06. The lowest BCUT2D eigenvalue weighted by atomic mass is 10.1. The summed E-state index contributed by atoms with van der Waals surface area (Å²) in [5.74, 6) is -0.145. The average molecular weight is 533 g/mol. The maximum atomic E-state index is 13.2. The van der Waals surface area contributed by atoms with Crippen molar-refractivity contribution in [2.45, 2.75) is 39.2 Å². The summed E-state index contributed by atoms with van der Waals surface area (Å²) in [5, 5.41) is 2.84. The zero-order chi connectivity index (χ0) is 28.0. The highest BCUT2D eigenvalue weighted by atomic mass is 16.5. The van der Waals surface area contributed by atoms with Gasteiger partial charge >= 0.3 is 5.97 Å². The molecule has 0 radical (unpaired) electrons. The number of ether oxygens (including phenoxy) is 3. The van der Waals surface area contributed by atoms with Crippen LogP contribution in [0.5, 0.6) is 5.75 Å². The number of amides is 2. The zero-order valence-electron chi connectivity index (χ0n) is 22.8. The van der Waals surface area contributed by atoms with Crippen LogP contribution in [0.2, 0.25) is 0 Å². The third-order valence-electron chi connectivity index (χ3n) is 6.13. The molecule has 0 aliphatic heterocycles. The minimum absolute atomic E-state index is 0.160. The van der Waals surface area contributed by atoms with Crippen LogP contribution >= 0.6 is 0 Å². The van der Waals surface area contributed by atoms with Crippen molar-refractivity contribution in [2.24, 2.45) is 0 Å². The first-order valence-electron chi connectivity index (χ1n) is 13.1. The number of unbranched alkanes of at least 4 members (excludes halogenated alkanes) is 2. The van der Waals surface area contributed by atoms with Crippen LogP contribution in [0.25, 0.3) is 0 Å². The van der Waals surface area contributed by atoms with Crippen molar-refractivity contribution >= 4 is 29.2 Å². The van der Waals surface area contributed by atoms with Gasteiger partial charge in [-0.3, -0.25) is 14.4 Å². The Labute approximate surface area is 229 Å². The molecule has 8 nitrogen and oxygen atoms in total. The van der Waals surface area contributed by atoms with Crippen LogP contribution in [0.3, 0.4) is 0 Å². The van der Waals surface area contributed by atoms with E-state index in [-0.39, 0.29) is 17.8 Å². The first-order chi connectivity index (χ1) is 18.9. The molecule has 0 aromatic heterocycles. The molecule has 0 bridgehead atoms. The molecule has 0 fully saturated rings. The standard InChI is InChI=1S/C31H36N2O6/c1-4-39-29(34)16-6-5-11-21-38-22-24-12-7-9-14-27(24)33(2)31(36)23-17-19-25(20-18-23)32-30(35)26-13-8-10-15-28(26)37-3/h7-10,12-15,17-20H,4-6,11,16,21-22H2,1-3H3,(H,32,35). The molecule has 1 N–H and O–H groups in total. The van der Waals surface area contributed by atoms with Gasteiger partial charge in [-0.1, -0.05) is 36.8 Å². The quantitative estimate of drug-likeness (QED) is 0.206. The fraction of sp³-hybridized carbons (Fsp3) is 0.323. The van der Waals surface area contributed by atoms with E-state index in [4.69, 9.17) is 14.2 Å². The Morgan fingerprint density at radius 3 is 2.33 bits per heavy atom. The normalized spacial score (nSPS) is 10.5. The molecule has 2 amide bonds. The highest BCUT2D eigenvalue weighted by Crippen LogP contribution is 2.23. The molecule has 39 heavy (non-hydrogen) atoms. The Kier molecular flexibility index (Phi) is 11.5. The van der Waals surface area contributed by atoms with Gasteiger partial charge in [-0.05, 0) is 62.2 Å². The van der Waals surface area contributed by atoms with Gasteiger partial charge in [0.1, 0.15) is 5.75 Å². The molecular formula is C31H36N2O6. The molecule has 0 aliphatic rings. The van der Waals surface area contributed by atoms with Gasteiger partial charge in [0, 0.05) is 42.6 Å². The minimum atomic E-state index is -0.295. The largest absolute Gasteiger partial charge is 0.496 e. The summed E-state index contributed by atoms with van der Waals surface area (Å²) >= 11 is 0. The van der Waals surface area contributed by atoms with Crippen molar-refractivity contribution in [3.05, 3.63) is 89.5 Å². The number of hydrogen-bond acceptors (Lipinski definition) is 6. The van der Waals surface area contributed by atoms with Gasteiger partial charge in [0.25, 0.3) is 11.8 Å². The summed E-state index contributed by atoms with van der Waals surface area (Å²) in [4.78, 5) is 38.9. The molecule has 0 heterocycles. The lowest BCUT2D eigenvalue weighted by molar-refractivity contribution is -0.143. The number of rotatable bonds is 14. The Bertz CT molecular complexity index is 1240. The molecule has 206 valence electrons. The maximum Gasteiger partial charge on any atom is 0.305 e. The van der Waals surface area contributed by atoms with Crippen LogP contribution in [-0.4, -0.2) is 45.2 Å². The predicted octanol–water partition coefficient (Wildman–Crippen LogP) is 5.86. The minimum Gasteiger partial charge on any atom is -0.496 e. The van der Waals surface area contributed by atoms with Crippen LogP contribution < -0.4 is 15.0 Å². The van der Waals surface area contributed by atoms with E-state index in [1.807, 2.05) is 24.3 Å². The van der Waals surface area contributed by atoms with Gasteiger partial charge in [-0.2, -0.15) is 0 Å². The molecule has 0 saturated heterocycles. The van der Waals surface area contributed by atoms with Gasteiger partial charge < -0.3 is 24.4 Å². The molecule has 8 heteroatoms. The number of carbonyl (C=O) groups is 3. The van der Waals surface area contributed by atoms with Crippen LogP contribution in [0, 0.1) is 0 Å². The van der Waals surface area contributed by atoms with Crippen molar-refractivity contribution < 1.29 is 28.6 Å². The lowest BCUT2D eigenvalue weighted by Crippen LogP contribution is -2.27. The third kappa shape index (κ3) is 8.68. The number of esters is 1. The molecule has 0 aliphatic carbocycles. The van der Waals surface area contributed by atoms with Gasteiger partial charge in [0.15, 0.2) is 0 Å². The van der Waals surface area contributed by atoms with Gasteiger partial charge in [-0.25, -0.2) is 0 Å². The summed E-state index contributed by atoms with van der Waals surface area (Å²) < 4.78 is 16.0. The summed E-state index contributed by atoms with van der Waals surface area (Å²) in [7, 11) is 3.25. The number of anilines is 2. The molecule has 0 atom stereocenters. The van der Waals surface area contributed by atoms with Crippen LogP contribution in [0.1, 0.15) is 58.9 Å². The number of nitrogens with zero attached hydrogens (tertiary/aromatic N) is 1. The summed E-state index contributed by atoms with van der Waals surface area (Å²) in [6, 6.07) is 21.4. The van der Waals surface area contributed by atoms with E-state index in [0.29, 0.717) is 48.8 Å². The van der Waals surface area contributed by atoms with Crippen molar-refractivity contribution in [3.63, 3.8) is 0 Å². The smallest absolute Gasteiger partial charge is 0.305 e. The second-order valence-corrected chi connectivity index (χ2v) is 8.89. The SMILES string of the molecule is CCOC(=O)CCCCCOCc1ccccc1N(C)C(=O)c1ccc(NC(=O)c2ccccc2OC)cc1. The molecule has 3 aromatic carbocycles. The van der Waals surface area contributed by atoms with Crippen LogP contribution in [0.4, 0.5) is 11.4 Å². The summed E-state index contributed by atoms with van der Waals surface area (Å²) in [6.07, 6.45) is 2.93. The predicted molar refractivity (Wildman–Crippen MR) is 151 cm³/mol. The molecule has 3 aromatic rings. The maximum absolute atomic E-state index is 13.2. The topological polar surface area (TPSA) is 94.2 Å². The average Bonchev–Trinajstić information content (AvgIpc) is 2.96. The van der Waals surface area contributed by atoms with E-state index in [2.05, 4.69) is 5.32 Å². The van der Waals surface area contributed by atoms with Crippen LogP contribution in [0.15, 0.2) is 72.8 Å². The van der Waals surface area contributed by atoms with E-state index in [1.54, 1.807) is 67.4 Å². The van der Waals surface area contributed by atoms with E-state index < -0.39 is 0 Å². The molecule has 0 saturated carbocycles. The van der Waals surface area contributed by atoms with E-state index in [0.717, 1.165) is 30.5 Å². The highest BCUT2D eigenvalue weighted by molar-refractivity contribution is 6.08. The van der Waals surface area contributed by atoms with E-state index in [9.17, 15) is 14.4 Å². The van der Waals surface area contributed by atoms with Gasteiger partial charge in [0.2, 0.25) is 0 Å². The van der Waals surface area contributed by atoms with Crippen molar-refractivity contribution in [1.29, 1.82) is 0 Å². The number of benzene rings is 3. The Morgan fingerprint density at radius 1 is 0.872 bits per heavy atom.